The third-order valence-corrected chi connectivity index (χ3v) is 5.99. The van der Waals surface area contributed by atoms with Crippen molar-refractivity contribution in [2.24, 2.45) is 29.6 Å². The van der Waals surface area contributed by atoms with E-state index < -0.39 is 0 Å². The molecule has 0 aliphatic heterocycles. The molecule has 0 amide bonds. The van der Waals surface area contributed by atoms with Crippen molar-refractivity contribution in [1.29, 1.82) is 0 Å². The summed E-state index contributed by atoms with van der Waals surface area (Å²) < 4.78 is 0. The summed E-state index contributed by atoms with van der Waals surface area (Å²) in [5, 5.41) is 3.81. The van der Waals surface area contributed by atoms with Gasteiger partial charge in [-0.15, -0.1) is 0 Å². The summed E-state index contributed by atoms with van der Waals surface area (Å²) >= 11 is 0. The van der Waals surface area contributed by atoms with Crippen LogP contribution < -0.4 is 5.32 Å². The SMILES string of the molecule is CC1CCCCC1CNCC1CC2CCC1C2. The van der Waals surface area contributed by atoms with E-state index in [1.54, 1.807) is 12.8 Å². The number of rotatable bonds is 4. The average molecular weight is 235 g/mol. The summed E-state index contributed by atoms with van der Waals surface area (Å²) in [6.07, 6.45) is 12.1. The molecule has 3 aliphatic carbocycles. The molecule has 3 rings (SSSR count). The summed E-state index contributed by atoms with van der Waals surface area (Å²) in [6, 6.07) is 0. The molecule has 1 nitrogen and oxygen atoms in total. The van der Waals surface area contributed by atoms with Crippen molar-refractivity contribution in [2.45, 2.75) is 58.3 Å². The van der Waals surface area contributed by atoms with Crippen LogP contribution >= 0.6 is 0 Å². The molecule has 0 saturated heterocycles. The lowest BCUT2D eigenvalue weighted by molar-refractivity contribution is 0.236. The molecule has 3 fully saturated rings. The topological polar surface area (TPSA) is 12.0 Å². The van der Waals surface area contributed by atoms with Gasteiger partial charge in [-0.3, -0.25) is 0 Å². The standard InChI is InChI=1S/C16H29N/c1-12-4-2-3-5-15(12)10-17-11-16-9-13-6-7-14(16)8-13/h12-17H,2-11H2,1H3. The minimum atomic E-state index is 0.969. The Bertz CT molecular complexity index is 248. The highest BCUT2D eigenvalue weighted by atomic mass is 14.9. The Kier molecular flexibility index (Phi) is 3.75. The van der Waals surface area contributed by atoms with Crippen molar-refractivity contribution in [3.8, 4) is 0 Å². The molecule has 0 radical (unpaired) electrons. The molecule has 0 aromatic carbocycles. The van der Waals surface area contributed by atoms with Crippen LogP contribution in [0.4, 0.5) is 0 Å². The van der Waals surface area contributed by atoms with Crippen molar-refractivity contribution < 1.29 is 0 Å². The minimum Gasteiger partial charge on any atom is -0.316 e. The third-order valence-electron chi connectivity index (χ3n) is 5.99. The molecule has 0 aromatic rings. The molecule has 5 atom stereocenters. The summed E-state index contributed by atoms with van der Waals surface area (Å²) in [5.74, 6) is 5.18. The van der Waals surface area contributed by atoms with Crippen LogP contribution in [-0.2, 0) is 0 Å². The molecule has 1 N–H and O–H groups in total. The lowest BCUT2D eigenvalue weighted by Crippen LogP contribution is -2.33. The normalized spacial score (nSPS) is 45.4. The molecule has 0 aromatic heterocycles. The number of nitrogens with one attached hydrogen (secondary N) is 1. The Labute approximate surface area is 107 Å². The van der Waals surface area contributed by atoms with E-state index in [9.17, 15) is 0 Å². The van der Waals surface area contributed by atoms with E-state index in [1.165, 1.54) is 51.6 Å². The van der Waals surface area contributed by atoms with Crippen molar-refractivity contribution in [3.05, 3.63) is 0 Å². The van der Waals surface area contributed by atoms with E-state index in [4.69, 9.17) is 0 Å². The van der Waals surface area contributed by atoms with Gasteiger partial charge < -0.3 is 5.32 Å². The van der Waals surface area contributed by atoms with Gasteiger partial charge in [0.1, 0.15) is 0 Å². The minimum absolute atomic E-state index is 0.969. The predicted octanol–water partition coefficient (Wildman–Crippen LogP) is 3.84. The Morgan fingerprint density at radius 1 is 0.882 bits per heavy atom. The first-order chi connectivity index (χ1) is 8.33. The van der Waals surface area contributed by atoms with Crippen LogP contribution in [-0.4, -0.2) is 13.1 Å². The molecular weight excluding hydrogens is 206 g/mol. The smallest absolute Gasteiger partial charge is 0.00176 e. The van der Waals surface area contributed by atoms with Gasteiger partial charge in [-0.05, 0) is 68.4 Å². The van der Waals surface area contributed by atoms with Crippen molar-refractivity contribution in [1.82, 2.24) is 5.32 Å². The fourth-order valence-electron chi connectivity index (χ4n) is 4.78. The van der Waals surface area contributed by atoms with Gasteiger partial charge in [0.05, 0.1) is 0 Å². The lowest BCUT2D eigenvalue weighted by atomic mass is 9.80. The van der Waals surface area contributed by atoms with Crippen LogP contribution in [0.5, 0.6) is 0 Å². The zero-order valence-corrected chi connectivity index (χ0v) is 11.5. The zero-order valence-electron chi connectivity index (χ0n) is 11.5. The van der Waals surface area contributed by atoms with Crippen LogP contribution in [0, 0.1) is 29.6 Å². The molecule has 98 valence electrons. The van der Waals surface area contributed by atoms with Crippen LogP contribution in [0.25, 0.3) is 0 Å². The first-order valence-corrected chi connectivity index (χ1v) is 8.03. The molecule has 3 aliphatic rings. The highest BCUT2D eigenvalue weighted by Crippen LogP contribution is 2.47. The quantitative estimate of drug-likeness (QED) is 0.780. The molecule has 5 unspecified atom stereocenters. The van der Waals surface area contributed by atoms with E-state index in [2.05, 4.69) is 12.2 Å². The van der Waals surface area contributed by atoms with Gasteiger partial charge in [-0.2, -0.15) is 0 Å². The second-order valence-corrected chi connectivity index (χ2v) is 7.12. The van der Waals surface area contributed by atoms with Gasteiger partial charge in [0.15, 0.2) is 0 Å². The van der Waals surface area contributed by atoms with Gasteiger partial charge in [0.25, 0.3) is 0 Å². The Balaban J connectivity index is 1.37. The average Bonchev–Trinajstić information content (AvgIpc) is 2.94. The van der Waals surface area contributed by atoms with E-state index in [0.29, 0.717) is 0 Å². The highest BCUT2D eigenvalue weighted by molar-refractivity contribution is 4.91. The maximum Gasteiger partial charge on any atom is -0.00176 e. The van der Waals surface area contributed by atoms with E-state index >= 15 is 0 Å². The first-order valence-electron chi connectivity index (χ1n) is 8.03. The van der Waals surface area contributed by atoms with Crippen LogP contribution in [0.3, 0.4) is 0 Å². The van der Waals surface area contributed by atoms with E-state index in [1.807, 2.05) is 0 Å². The fourth-order valence-corrected chi connectivity index (χ4v) is 4.78. The molecular formula is C16H29N. The third kappa shape index (κ3) is 2.70. The number of hydrogen-bond donors (Lipinski definition) is 1. The monoisotopic (exact) mass is 235 g/mol. The van der Waals surface area contributed by atoms with Gasteiger partial charge in [0, 0.05) is 0 Å². The number of hydrogen-bond acceptors (Lipinski definition) is 1. The predicted molar refractivity (Wildman–Crippen MR) is 72.9 cm³/mol. The number of fused-ring (bicyclic) bond motifs is 2. The fraction of sp³-hybridized carbons (Fsp3) is 1.00. The van der Waals surface area contributed by atoms with Gasteiger partial charge in [0.2, 0.25) is 0 Å². The Morgan fingerprint density at radius 2 is 1.71 bits per heavy atom. The largest absolute Gasteiger partial charge is 0.316 e. The van der Waals surface area contributed by atoms with Crippen LogP contribution in [0.15, 0.2) is 0 Å². The van der Waals surface area contributed by atoms with Gasteiger partial charge in [-0.1, -0.05) is 32.6 Å². The Hall–Kier alpha value is -0.0400. The van der Waals surface area contributed by atoms with Crippen molar-refractivity contribution in [2.75, 3.05) is 13.1 Å². The molecule has 17 heavy (non-hydrogen) atoms. The second-order valence-electron chi connectivity index (χ2n) is 7.12. The second kappa shape index (κ2) is 5.30. The maximum atomic E-state index is 3.81. The molecule has 2 bridgehead atoms. The van der Waals surface area contributed by atoms with Crippen molar-refractivity contribution in [3.63, 3.8) is 0 Å². The van der Waals surface area contributed by atoms with Crippen LogP contribution in [0.1, 0.15) is 58.3 Å². The summed E-state index contributed by atoms with van der Waals surface area (Å²) in [7, 11) is 0. The summed E-state index contributed by atoms with van der Waals surface area (Å²) in [6.45, 7) is 5.09. The summed E-state index contributed by atoms with van der Waals surface area (Å²) in [5.41, 5.74) is 0. The molecule has 1 heteroatoms. The molecule has 3 saturated carbocycles. The van der Waals surface area contributed by atoms with Gasteiger partial charge >= 0.3 is 0 Å². The maximum absolute atomic E-state index is 3.81. The van der Waals surface area contributed by atoms with E-state index in [-0.39, 0.29) is 0 Å². The highest BCUT2D eigenvalue weighted by Gasteiger charge is 2.39. The van der Waals surface area contributed by atoms with Crippen LogP contribution in [0.2, 0.25) is 0 Å². The first kappa shape index (κ1) is 12.0. The Morgan fingerprint density at radius 3 is 2.41 bits per heavy atom. The molecule has 0 heterocycles. The lowest BCUT2D eigenvalue weighted by Gasteiger charge is -2.30. The summed E-state index contributed by atoms with van der Waals surface area (Å²) in [4.78, 5) is 0. The van der Waals surface area contributed by atoms with Gasteiger partial charge in [-0.25, -0.2) is 0 Å². The zero-order chi connectivity index (χ0) is 11.7. The van der Waals surface area contributed by atoms with E-state index in [0.717, 1.165) is 29.6 Å². The molecule has 0 spiro atoms. The van der Waals surface area contributed by atoms with Crippen molar-refractivity contribution >= 4 is 0 Å².